The van der Waals surface area contributed by atoms with Crippen molar-refractivity contribution in [3.63, 3.8) is 0 Å². The van der Waals surface area contributed by atoms with Crippen molar-refractivity contribution in [3.05, 3.63) is 74.2 Å². The lowest BCUT2D eigenvalue weighted by molar-refractivity contribution is 0.0691. The van der Waals surface area contributed by atoms with Crippen molar-refractivity contribution < 1.29 is 19.4 Å². The summed E-state index contributed by atoms with van der Waals surface area (Å²) in [5.41, 5.74) is 1.80. The van der Waals surface area contributed by atoms with Crippen LogP contribution >= 0.6 is 34.5 Å². The van der Waals surface area contributed by atoms with E-state index in [1.807, 2.05) is 38.1 Å². The van der Waals surface area contributed by atoms with Gasteiger partial charge in [0.2, 0.25) is 0 Å². The Hall–Kier alpha value is -2.79. The number of aromatic nitrogens is 1. The quantitative estimate of drug-likeness (QED) is 0.376. The van der Waals surface area contributed by atoms with Crippen LogP contribution in [0.2, 0.25) is 5.02 Å². The third kappa shape index (κ3) is 5.33. The smallest absolute Gasteiger partial charge is 0.355 e. The topological polar surface area (TPSA) is 92.4 Å². The van der Waals surface area contributed by atoms with E-state index in [9.17, 15) is 10.1 Å². The fraction of sp³-hybridized carbons (Fsp3) is 0.261. The van der Waals surface area contributed by atoms with Crippen LogP contribution in [-0.2, 0) is 12.0 Å². The van der Waals surface area contributed by atoms with E-state index in [4.69, 9.17) is 37.8 Å². The lowest BCUT2D eigenvalue weighted by atomic mass is 9.77. The number of benzene rings is 2. The molecule has 3 rings (SSSR count). The fourth-order valence-electron chi connectivity index (χ4n) is 3.08. The average Bonchev–Trinajstić information content (AvgIpc) is 3.26. The Kier molecular flexibility index (Phi) is 7.62. The van der Waals surface area contributed by atoms with E-state index in [2.05, 4.69) is 11.1 Å². The SMILES string of the molecule is CC(C)(c1ccc(OCc2nc(C(=O)O)cs2)cc1)c1cc(Cl)c(OCCCl)c(C#N)c1. The van der Waals surface area contributed by atoms with Gasteiger partial charge in [0.15, 0.2) is 11.4 Å². The van der Waals surface area contributed by atoms with Crippen molar-refractivity contribution in [2.45, 2.75) is 25.9 Å². The summed E-state index contributed by atoms with van der Waals surface area (Å²) < 4.78 is 11.3. The molecule has 0 aliphatic carbocycles. The number of hydrogen-bond acceptors (Lipinski definition) is 6. The average molecular weight is 491 g/mol. The molecule has 0 amide bonds. The van der Waals surface area contributed by atoms with Crippen LogP contribution in [0.5, 0.6) is 11.5 Å². The summed E-state index contributed by atoms with van der Waals surface area (Å²) in [6.07, 6.45) is 0. The van der Waals surface area contributed by atoms with Crippen LogP contribution in [0.25, 0.3) is 0 Å². The summed E-state index contributed by atoms with van der Waals surface area (Å²) in [6, 6.07) is 13.3. The number of halogens is 2. The zero-order chi connectivity index (χ0) is 23.3. The van der Waals surface area contributed by atoms with Crippen LogP contribution < -0.4 is 9.47 Å². The van der Waals surface area contributed by atoms with Gasteiger partial charge in [-0.05, 0) is 35.4 Å². The van der Waals surface area contributed by atoms with Crippen molar-refractivity contribution in [1.29, 1.82) is 5.26 Å². The molecule has 9 heteroatoms. The molecule has 32 heavy (non-hydrogen) atoms. The maximum absolute atomic E-state index is 10.9. The lowest BCUT2D eigenvalue weighted by Crippen LogP contribution is -2.19. The Morgan fingerprint density at radius 2 is 1.94 bits per heavy atom. The number of aromatic carboxylic acids is 1. The van der Waals surface area contributed by atoms with Gasteiger partial charge in [0.1, 0.15) is 30.0 Å². The van der Waals surface area contributed by atoms with Gasteiger partial charge in [-0.1, -0.05) is 37.6 Å². The largest absolute Gasteiger partial charge is 0.489 e. The Labute approximate surface area is 200 Å². The summed E-state index contributed by atoms with van der Waals surface area (Å²) in [6.45, 7) is 4.53. The molecule has 1 heterocycles. The number of rotatable bonds is 9. The molecule has 0 saturated carbocycles. The number of thiazole rings is 1. The summed E-state index contributed by atoms with van der Waals surface area (Å²) in [5.74, 6) is 0.215. The van der Waals surface area contributed by atoms with Gasteiger partial charge in [-0.3, -0.25) is 0 Å². The first-order valence-corrected chi connectivity index (χ1v) is 11.4. The summed E-state index contributed by atoms with van der Waals surface area (Å²) in [7, 11) is 0. The number of carboxylic acid groups (broad SMARTS) is 1. The Balaban J connectivity index is 1.77. The van der Waals surface area contributed by atoms with Gasteiger partial charge in [0.25, 0.3) is 0 Å². The van der Waals surface area contributed by atoms with E-state index in [0.717, 1.165) is 11.1 Å². The van der Waals surface area contributed by atoms with Crippen LogP contribution in [0.15, 0.2) is 41.8 Å². The summed E-state index contributed by atoms with van der Waals surface area (Å²) in [4.78, 5) is 14.9. The van der Waals surface area contributed by atoms with E-state index < -0.39 is 11.4 Å². The molecule has 0 radical (unpaired) electrons. The molecule has 166 valence electrons. The Morgan fingerprint density at radius 1 is 1.22 bits per heavy atom. The second kappa shape index (κ2) is 10.2. The highest BCUT2D eigenvalue weighted by molar-refractivity contribution is 7.09. The van der Waals surface area contributed by atoms with Crippen LogP contribution in [-0.4, -0.2) is 28.5 Å². The highest BCUT2D eigenvalue weighted by Crippen LogP contribution is 2.38. The standard InChI is InChI=1S/C23H20Cl2N2O4S/c1-23(2,16-9-14(11-26)21(18(25)10-16)30-8-7-24)15-3-5-17(6-4-15)31-12-20-27-19(13-32-20)22(28)29/h3-6,9-10,13H,7-8,12H2,1-2H3,(H,28,29). The Morgan fingerprint density at radius 3 is 2.53 bits per heavy atom. The molecule has 0 bridgehead atoms. The number of ether oxygens (including phenoxy) is 2. The summed E-state index contributed by atoms with van der Waals surface area (Å²) in [5, 5.41) is 20.9. The highest BCUT2D eigenvalue weighted by Gasteiger charge is 2.26. The molecule has 0 unspecified atom stereocenters. The van der Waals surface area contributed by atoms with Crippen molar-refractivity contribution in [2.24, 2.45) is 0 Å². The molecule has 1 N–H and O–H groups in total. The molecule has 0 saturated heterocycles. The molecule has 1 aromatic heterocycles. The normalized spacial score (nSPS) is 11.1. The van der Waals surface area contributed by atoms with Gasteiger partial charge in [-0.2, -0.15) is 5.26 Å². The summed E-state index contributed by atoms with van der Waals surface area (Å²) >= 11 is 13.3. The van der Waals surface area contributed by atoms with Crippen LogP contribution in [0.4, 0.5) is 0 Å². The van der Waals surface area contributed by atoms with E-state index in [-0.39, 0.29) is 18.9 Å². The monoisotopic (exact) mass is 490 g/mol. The van der Waals surface area contributed by atoms with Crippen molar-refractivity contribution in [1.82, 2.24) is 4.98 Å². The molecule has 0 aliphatic rings. The Bertz CT molecular complexity index is 1150. The van der Waals surface area contributed by atoms with Crippen LogP contribution in [0, 0.1) is 11.3 Å². The fourth-order valence-corrected chi connectivity index (χ4v) is 4.11. The lowest BCUT2D eigenvalue weighted by Gasteiger charge is -2.27. The molecule has 3 aromatic rings. The minimum atomic E-state index is -1.06. The van der Waals surface area contributed by atoms with E-state index in [0.29, 0.717) is 33.0 Å². The first kappa shape index (κ1) is 23.9. The number of hydrogen-bond donors (Lipinski definition) is 1. The number of alkyl halides is 1. The predicted octanol–water partition coefficient (Wildman–Crippen LogP) is 5.89. The number of carbonyl (C=O) groups is 1. The second-order valence-corrected chi connectivity index (χ2v) is 9.08. The van der Waals surface area contributed by atoms with Gasteiger partial charge >= 0.3 is 5.97 Å². The van der Waals surface area contributed by atoms with Gasteiger partial charge in [0, 0.05) is 10.8 Å². The third-order valence-corrected chi connectivity index (χ3v) is 6.18. The van der Waals surface area contributed by atoms with E-state index in [1.165, 1.54) is 16.7 Å². The maximum atomic E-state index is 10.9. The first-order chi connectivity index (χ1) is 15.3. The van der Waals surface area contributed by atoms with Gasteiger partial charge < -0.3 is 14.6 Å². The van der Waals surface area contributed by atoms with Crippen molar-refractivity contribution >= 4 is 40.5 Å². The van der Waals surface area contributed by atoms with E-state index >= 15 is 0 Å². The molecular formula is C23H20Cl2N2O4S. The van der Waals surface area contributed by atoms with Gasteiger partial charge in [-0.15, -0.1) is 22.9 Å². The highest BCUT2D eigenvalue weighted by atomic mass is 35.5. The number of nitrogens with zero attached hydrogens (tertiary/aromatic N) is 2. The molecular weight excluding hydrogens is 471 g/mol. The second-order valence-electron chi connectivity index (χ2n) is 7.35. The molecule has 6 nitrogen and oxygen atoms in total. The maximum Gasteiger partial charge on any atom is 0.355 e. The van der Waals surface area contributed by atoms with Crippen LogP contribution in [0.3, 0.4) is 0 Å². The van der Waals surface area contributed by atoms with E-state index in [1.54, 1.807) is 12.1 Å². The van der Waals surface area contributed by atoms with Crippen molar-refractivity contribution in [3.8, 4) is 17.6 Å². The number of carboxylic acids is 1. The van der Waals surface area contributed by atoms with Gasteiger partial charge in [-0.25, -0.2) is 9.78 Å². The third-order valence-electron chi connectivity index (χ3n) is 4.92. The van der Waals surface area contributed by atoms with Crippen molar-refractivity contribution in [2.75, 3.05) is 12.5 Å². The van der Waals surface area contributed by atoms with Gasteiger partial charge in [0.05, 0.1) is 16.5 Å². The molecule has 0 atom stereocenters. The zero-order valence-corrected chi connectivity index (χ0v) is 19.7. The molecule has 0 fully saturated rings. The zero-order valence-electron chi connectivity index (χ0n) is 17.4. The number of nitriles is 1. The first-order valence-electron chi connectivity index (χ1n) is 9.60. The molecule has 2 aromatic carbocycles. The van der Waals surface area contributed by atoms with Crippen LogP contribution in [0.1, 0.15) is 46.0 Å². The predicted molar refractivity (Wildman–Crippen MR) is 124 cm³/mol. The minimum Gasteiger partial charge on any atom is -0.489 e. The molecule has 0 aliphatic heterocycles. The molecule has 0 spiro atoms. The minimum absolute atomic E-state index is 0.0140.